The van der Waals surface area contributed by atoms with Crippen LogP contribution in [0, 0.1) is 5.82 Å². The molecule has 0 aliphatic heterocycles. The fourth-order valence-electron chi connectivity index (χ4n) is 3.73. The molecule has 0 bridgehead atoms. The van der Waals surface area contributed by atoms with Crippen molar-refractivity contribution in [3.8, 4) is 11.3 Å². The Labute approximate surface area is 143 Å². The van der Waals surface area contributed by atoms with Crippen molar-refractivity contribution in [1.29, 1.82) is 0 Å². The fourth-order valence-corrected chi connectivity index (χ4v) is 4.81. The van der Waals surface area contributed by atoms with Crippen molar-refractivity contribution >= 4 is 27.5 Å². The van der Waals surface area contributed by atoms with Crippen molar-refractivity contribution in [1.82, 2.24) is 4.98 Å². The maximum atomic E-state index is 13.3. The first-order valence-corrected chi connectivity index (χ1v) is 9.10. The maximum Gasteiger partial charge on any atom is 0.345 e. The number of aromatic carboxylic acids is 1. The maximum absolute atomic E-state index is 13.3. The zero-order valence-electron chi connectivity index (χ0n) is 13.1. The Balaban J connectivity index is 1.89. The first-order valence-electron chi connectivity index (χ1n) is 8.28. The largest absolute Gasteiger partial charge is 0.477 e. The summed E-state index contributed by atoms with van der Waals surface area (Å²) >= 11 is 1.34. The van der Waals surface area contributed by atoms with Crippen LogP contribution in [0.15, 0.2) is 30.3 Å². The minimum absolute atomic E-state index is 0.250. The van der Waals surface area contributed by atoms with E-state index in [2.05, 4.69) is 4.98 Å². The molecule has 0 unspecified atom stereocenters. The van der Waals surface area contributed by atoms with Crippen molar-refractivity contribution in [3.05, 3.63) is 46.6 Å². The van der Waals surface area contributed by atoms with Gasteiger partial charge < -0.3 is 10.1 Å². The van der Waals surface area contributed by atoms with Crippen molar-refractivity contribution in [2.45, 2.75) is 38.0 Å². The molecule has 3 nitrogen and oxygen atoms in total. The molecule has 0 atom stereocenters. The lowest BCUT2D eigenvalue weighted by Crippen LogP contribution is -2.05. The number of carboxylic acid groups (broad SMARTS) is 1. The predicted molar refractivity (Wildman–Crippen MR) is 94.4 cm³/mol. The highest BCUT2D eigenvalue weighted by Gasteiger charge is 2.25. The number of hydrogen-bond acceptors (Lipinski definition) is 2. The molecule has 0 amide bonds. The summed E-state index contributed by atoms with van der Waals surface area (Å²) in [5.74, 6) is -0.699. The van der Waals surface area contributed by atoms with E-state index in [1.54, 1.807) is 18.2 Å². The Hall–Kier alpha value is -2.14. The number of halogens is 1. The van der Waals surface area contributed by atoms with Gasteiger partial charge in [-0.2, -0.15) is 0 Å². The van der Waals surface area contributed by atoms with E-state index in [0.29, 0.717) is 10.8 Å². The number of carboxylic acids is 1. The minimum Gasteiger partial charge on any atom is -0.477 e. The minimum atomic E-state index is -0.887. The lowest BCUT2D eigenvalue weighted by atomic mass is 9.83. The SMILES string of the molecule is O=C(O)c1cc2[nH]c(-c3ccc(F)cc3)c(C3CCCCC3)c2s1. The molecule has 4 rings (SSSR count). The van der Waals surface area contributed by atoms with Crippen LogP contribution in [0.2, 0.25) is 0 Å². The molecule has 1 aliphatic rings. The van der Waals surface area contributed by atoms with E-state index in [1.807, 2.05) is 0 Å². The molecule has 2 N–H and O–H groups in total. The molecule has 1 saturated carbocycles. The first kappa shape index (κ1) is 15.4. The van der Waals surface area contributed by atoms with Crippen LogP contribution in [0.25, 0.3) is 21.5 Å². The second-order valence-corrected chi connectivity index (χ2v) is 7.47. The van der Waals surface area contributed by atoms with Crippen LogP contribution in [0.1, 0.15) is 53.3 Å². The summed E-state index contributed by atoms with van der Waals surface area (Å²) < 4.78 is 14.3. The summed E-state index contributed by atoms with van der Waals surface area (Å²) in [6.07, 6.45) is 5.93. The normalized spacial score (nSPS) is 15.9. The lowest BCUT2D eigenvalue weighted by Gasteiger charge is -2.22. The molecule has 0 spiro atoms. The van der Waals surface area contributed by atoms with Gasteiger partial charge in [-0.15, -0.1) is 11.3 Å². The Morgan fingerprint density at radius 3 is 2.54 bits per heavy atom. The fraction of sp³-hybridized carbons (Fsp3) is 0.316. The van der Waals surface area contributed by atoms with Gasteiger partial charge in [0.25, 0.3) is 0 Å². The summed E-state index contributed by atoms with van der Waals surface area (Å²) in [6, 6.07) is 8.22. The van der Waals surface area contributed by atoms with Crippen LogP contribution in [0.3, 0.4) is 0 Å². The van der Waals surface area contributed by atoms with Crippen molar-refractivity contribution in [2.75, 3.05) is 0 Å². The van der Waals surface area contributed by atoms with E-state index < -0.39 is 5.97 Å². The summed E-state index contributed by atoms with van der Waals surface area (Å²) in [6.45, 7) is 0. The number of rotatable bonds is 3. The number of aromatic amines is 1. The summed E-state index contributed by atoms with van der Waals surface area (Å²) in [5, 5.41) is 9.28. The number of thiophene rings is 1. The molecule has 3 aromatic rings. The van der Waals surface area contributed by atoms with Crippen molar-refractivity contribution in [2.24, 2.45) is 0 Å². The molecule has 0 radical (unpaired) electrons. The Bertz CT molecular complexity index is 888. The quantitative estimate of drug-likeness (QED) is 0.633. The van der Waals surface area contributed by atoms with Gasteiger partial charge in [0.05, 0.1) is 15.9 Å². The van der Waals surface area contributed by atoms with E-state index >= 15 is 0 Å². The summed E-state index contributed by atoms with van der Waals surface area (Å²) in [4.78, 5) is 15.1. The molecule has 5 heteroatoms. The molecule has 2 heterocycles. The molecule has 2 aromatic heterocycles. The van der Waals surface area contributed by atoms with Gasteiger partial charge in [0.15, 0.2) is 0 Å². The topological polar surface area (TPSA) is 53.1 Å². The van der Waals surface area contributed by atoms with E-state index in [9.17, 15) is 14.3 Å². The average molecular weight is 343 g/mol. The number of aromatic nitrogens is 1. The predicted octanol–water partition coefficient (Wildman–Crippen LogP) is 5.78. The number of nitrogens with one attached hydrogen (secondary N) is 1. The van der Waals surface area contributed by atoms with Gasteiger partial charge in [-0.3, -0.25) is 0 Å². The number of carbonyl (C=O) groups is 1. The molecule has 1 aromatic carbocycles. The van der Waals surface area contributed by atoms with Gasteiger partial charge in [0.2, 0.25) is 0 Å². The third-order valence-corrected chi connectivity index (χ3v) is 6.02. The zero-order valence-corrected chi connectivity index (χ0v) is 14.0. The third-order valence-electron chi connectivity index (χ3n) is 4.86. The zero-order chi connectivity index (χ0) is 16.7. The number of H-pyrrole nitrogens is 1. The van der Waals surface area contributed by atoms with Crippen LogP contribution in [0.4, 0.5) is 4.39 Å². The van der Waals surface area contributed by atoms with E-state index in [4.69, 9.17) is 0 Å². The summed E-state index contributed by atoms with van der Waals surface area (Å²) in [5.41, 5.74) is 4.06. The van der Waals surface area contributed by atoms with E-state index in [-0.39, 0.29) is 5.82 Å². The molecular weight excluding hydrogens is 325 g/mol. The smallest absolute Gasteiger partial charge is 0.345 e. The Kier molecular flexibility index (Phi) is 3.88. The molecule has 0 saturated heterocycles. The van der Waals surface area contributed by atoms with E-state index in [1.165, 1.54) is 48.3 Å². The molecule has 124 valence electrons. The highest BCUT2D eigenvalue weighted by atomic mass is 32.1. The van der Waals surface area contributed by atoms with Crippen molar-refractivity contribution < 1.29 is 14.3 Å². The Morgan fingerprint density at radius 1 is 1.17 bits per heavy atom. The number of benzene rings is 1. The standard InChI is InChI=1S/C19H18FNO2S/c20-13-8-6-12(7-9-13)17-16(11-4-2-1-3-5-11)18-14(21-17)10-15(24-18)19(22)23/h6-11,21H,1-5H2,(H,22,23). The van der Waals surface area contributed by atoms with Crippen LogP contribution < -0.4 is 0 Å². The molecule has 24 heavy (non-hydrogen) atoms. The Morgan fingerprint density at radius 2 is 1.88 bits per heavy atom. The van der Waals surface area contributed by atoms with Gasteiger partial charge in [-0.1, -0.05) is 19.3 Å². The summed E-state index contributed by atoms with van der Waals surface area (Å²) in [7, 11) is 0. The van der Waals surface area contributed by atoms with Crippen molar-refractivity contribution in [3.63, 3.8) is 0 Å². The molecule has 1 aliphatic carbocycles. The van der Waals surface area contributed by atoms with Crippen LogP contribution in [0.5, 0.6) is 0 Å². The third kappa shape index (κ3) is 2.63. The monoisotopic (exact) mass is 343 g/mol. The first-order chi connectivity index (χ1) is 11.6. The van der Waals surface area contributed by atoms with Gasteiger partial charge >= 0.3 is 5.97 Å². The molecular formula is C19H18FNO2S. The lowest BCUT2D eigenvalue weighted by molar-refractivity contribution is 0.0702. The second-order valence-electron chi connectivity index (χ2n) is 6.41. The molecule has 1 fully saturated rings. The van der Waals surface area contributed by atoms with Gasteiger partial charge in [-0.05, 0) is 60.2 Å². The second kappa shape index (κ2) is 6.06. The van der Waals surface area contributed by atoms with Gasteiger partial charge in [0.1, 0.15) is 10.7 Å². The highest BCUT2D eigenvalue weighted by Crippen LogP contribution is 2.44. The number of hydrogen-bond donors (Lipinski definition) is 2. The highest BCUT2D eigenvalue weighted by molar-refractivity contribution is 7.21. The van der Waals surface area contributed by atoms with Crippen LogP contribution >= 0.6 is 11.3 Å². The van der Waals surface area contributed by atoms with Gasteiger partial charge in [-0.25, -0.2) is 9.18 Å². The average Bonchev–Trinajstić information content (AvgIpc) is 3.14. The van der Waals surface area contributed by atoms with Gasteiger partial charge in [0, 0.05) is 0 Å². The van der Waals surface area contributed by atoms with E-state index in [0.717, 1.165) is 34.3 Å². The number of fused-ring (bicyclic) bond motifs is 1. The van der Waals surface area contributed by atoms with Crippen LogP contribution in [-0.2, 0) is 0 Å². The van der Waals surface area contributed by atoms with Crippen LogP contribution in [-0.4, -0.2) is 16.1 Å².